The minimum Gasteiger partial charge on any atom is -0.469 e. The fraction of sp³-hybridized carbons (Fsp3) is 0.531. The molecular weight excluding hydrogens is 509 g/mol. The quantitative estimate of drug-likeness (QED) is 0.348. The zero-order chi connectivity index (χ0) is 28.7. The van der Waals surface area contributed by atoms with Crippen LogP contribution in [0, 0.1) is 17.7 Å². The van der Waals surface area contributed by atoms with Crippen molar-refractivity contribution in [2.75, 3.05) is 28.3 Å². The molecule has 0 spiro atoms. The van der Waals surface area contributed by atoms with Crippen LogP contribution in [0.15, 0.2) is 59.6 Å². The molecular formula is C32H42FN3O4. The Kier molecular flexibility index (Phi) is 9.95. The van der Waals surface area contributed by atoms with Gasteiger partial charge in [0.2, 0.25) is 0 Å². The summed E-state index contributed by atoms with van der Waals surface area (Å²) in [5.41, 5.74) is 1.11. The van der Waals surface area contributed by atoms with Crippen molar-refractivity contribution in [3.05, 3.63) is 71.5 Å². The van der Waals surface area contributed by atoms with Crippen LogP contribution in [-0.4, -0.2) is 68.0 Å². The predicted molar refractivity (Wildman–Crippen MR) is 153 cm³/mol. The van der Waals surface area contributed by atoms with Gasteiger partial charge < -0.3 is 19.3 Å². The number of carbonyl (C=O) groups is 2. The molecule has 3 unspecified atom stereocenters. The van der Waals surface area contributed by atoms with Gasteiger partial charge in [-0.2, -0.15) is 0 Å². The van der Waals surface area contributed by atoms with Crippen LogP contribution in [0.5, 0.6) is 0 Å². The zero-order valence-corrected chi connectivity index (χ0v) is 24.1. The molecule has 0 radical (unpaired) electrons. The molecule has 8 heteroatoms. The molecule has 2 aliphatic rings. The third-order valence-corrected chi connectivity index (χ3v) is 8.74. The number of carbonyl (C=O) groups excluding carboxylic acids is 2. The van der Waals surface area contributed by atoms with Gasteiger partial charge in [-0.15, -0.1) is 0 Å². The van der Waals surface area contributed by atoms with Gasteiger partial charge >= 0.3 is 11.9 Å². The van der Waals surface area contributed by atoms with Crippen molar-refractivity contribution >= 4 is 18.3 Å². The van der Waals surface area contributed by atoms with E-state index < -0.39 is 11.5 Å². The lowest BCUT2D eigenvalue weighted by Gasteiger charge is -2.41. The Morgan fingerprint density at radius 1 is 1.02 bits per heavy atom. The largest absolute Gasteiger partial charge is 0.469 e. The van der Waals surface area contributed by atoms with Gasteiger partial charge in [0.25, 0.3) is 0 Å². The highest BCUT2D eigenvalue weighted by atomic mass is 19.1. The smallest absolute Gasteiger partial charge is 0.335 e. The van der Waals surface area contributed by atoms with Crippen LogP contribution in [0.2, 0.25) is 0 Å². The maximum Gasteiger partial charge on any atom is 0.335 e. The number of halogens is 1. The number of methoxy groups -OCH3 is 2. The van der Waals surface area contributed by atoms with E-state index in [0.29, 0.717) is 18.4 Å². The van der Waals surface area contributed by atoms with E-state index in [1.54, 1.807) is 18.5 Å². The first-order valence-electron chi connectivity index (χ1n) is 14.2. The van der Waals surface area contributed by atoms with Crippen molar-refractivity contribution in [2.45, 2.75) is 69.1 Å². The van der Waals surface area contributed by atoms with Crippen LogP contribution in [0.4, 0.5) is 4.39 Å². The van der Waals surface area contributed by atoms with Crippen LogP contribution in [0.1, 0.15) is 62.1 Å². The van der Waals surface area contributed by atoms with Crippen molar-refractivity contribution in [1.29, 1.82) is 0 Å². The summed E-state index contributed by atoms with van der Waals surface area (Å²) in [6.07, 6.45) is 7.03. The zero-order valence-electron chi connectivity index (χ0n) is 24.1. The van der Waals surface area contributed by atoms with E-state index in [4.69, 9.17) is 14.5 Å². The summed E-state index contributed by atoms with van der Waals surface area (Å²) in [5, 5.41) is 0. The summed E-state index contributed by atoms with van der Waals surface area (Å²) in [4.78, 5) is 34.6. The molecule has 3 atom stereocenters. The third kappa shape index (κ3) is 6.72. The number of nitrogens with zero attached hydrogens (tertiary/aromatic N) is 3. The Morgan fingerprint density at radius 2 is 1.70 bits per heavy atom. The Labute approximate surface area is 237 Å². The standard InChI is InChI=1S/C32H42FN3O4/c1-35(2)30(26-14-16-27(33)17-15-26)25-12-10-23(11-13-25)20-28-32(31(38)40-4,19-18-29(37)39-3)34-22-36(28)21-24-8-6-5-7-9-24/h5-9,14-17,22-23,25,28,30H,10-13,18-21H2,1-4H3. The van der Waals surface area contributed by atoms with E-state index in [2.05, 4.69) is 36.0 Å². The van der Waals surface area contributed by atoms with Crippen molar-refractivity contribution in [1.82, 2.24) is 9.80 Å². The second-order valence-electron chi connectivity index (χ2n) is 11.4. The number of benzene rings is 2. The van der Waals surface area contributed by atoms with Gasteiger partial charge in [0, 0.05) is 19.0 Å². The number of hydrogen-bond donors (Lipinski definition) is 0. The summed E-state index contributed by atoms with van der Waals surface area (Å²) in [7, 11) is 6.92. The van der Waals surface area contributed by atoms with Gasteiger partial charge in [0.15, 0.2) is 5.54 Å². The highest BCUT2D eigenvalue weighted by Gasteiger charge is 2.53. The highest BCUT2D eigenvalue weighted by molar-refractivity contribution is 5.87. The maximum atomic E-state index is 13.6. The monoisotopic (exact) mass is 551 g/mol. The summed E-state index contributed by atoms with van der Waals surface area (Å²) < 4.78 is 23.8. The molecule has 0 bridgehead atoms. The predicted octanol–water partition coefficient (Wildman–Crippen LogP) is 5.40. The van der Waals surface area contributed by atoms with Crippen molar-refractivity contribution in [3.8, 4) is 0 Å². The first-order chi connectivity index (χ1) is 19.3. The SMILES string of the molecule is COC(=O)CCC1(C(=O)OC)N=CN(Cc2ccccc2)C1CC1CCC(C(c2ccc(F)cc2)N(C)C)CC1. The first kappa shape index (κ1) is 29.7. The molecule has 0 saturated heterocycles. The van der Waals surface area contributed by atoms with E-state index >= 15 is 0 Å². The number of ether oxygens (including phenoxy) is 2. The Morgan fingerprint density at radius 3 is 2.30 bits per heavy atom. The lowest BCUT2D eigenvalue weighted by Crippen LogP contribution is -2.52. The molecule has 1 saturated carbocycles. The molecule has 0 amide bonds. The van der Waals surface area contributed by atoms with Crippen LogP contribution >= 0.6 is 0 Å². The Balaban J connectivity index is 1.52. The van der Waals surface area contributed by atoms with Crippen molar-refractivity contribution < 1.29 is 23.5 Å². The minimum atomic E-state index is -1.16. The van der Waals surface area contributed by atoms with Gasteiger partial charge in [0.05, 0.1) is 26.6 Å². The van der Waals surface area contributed by atoms with E-state index in [1.165, 1.54) is 14.2 Å². The van der Waals surface area contributed by atoms with Crippen LogP contribution in [-0.2, 0) is 25.6 Å². The van der Waals surface area contributed by atoms with E-state index in [9.17, 15) is 14.0 Å². The number of esters is 2. The number of aliphatic imine (C=N–C) groups is 1. The van der Waals surface area contributed by atoms with Gasteiger partial charge in [-0.1, -0.05) is 55.3 Å². The summed E-state index contributed by atoms with van der Waals surface area (Å²) in [5.74, 6) is -0.133. The fourth-order valence-electron chi connectivity index (χ4n) is 6.69. The van der Waals surface area contributed by atoms with Gasteiger partial charge in [-0.05, 0) is 74.9 Å². The number of rotatable bonds is 11. The summed E-state index contributed by atoms with van der Waals surface area (Å²) in [6.45, 7) is 0.620. The number of hydrogen-bond acceptors (Lipinski definition) is 7. The van der Waals surface area contributed by atoms with Crippen LogP contribution in [0.3, 0.4) is 0 Å². The fourth-order valence-corrected chi connectivity index (χ4v) is 6.69. The van der Waals surface area contributed by atoms with Crippen LogP contribution in [0.25, 0.3) is 0 Å². The van der Waals surface area contributed by atoms with Gasteiger partial charge in [-0.3, -0.25) is 9.79 Å². The lowest BCUT2D eigenvalue weighted by atomic mass is 9.72. The normalized spacial score (nSPS) is 25.1. The van der Waals surface area contributed by atoms with Gasteiger partial charge in [-0.25, -0.2) is 9.18 Å². The van der Waals surface area contributed by atoms with E-state index in [-0.39, 0.29) is 36.7 Å². The Bertz CT molecular complexity index is 1150. The summed E-state index contributed by atoms with van der Waals surface area (Å²) in [6, 6.07) is 17.0. The molecule has 7 nitrogen and oxygen atoms in total. The van der Waals surface area contributed by atoms with E-state index in [1.807, 2.05) is 30.3 Å². The Hall–Kier alpha value is -3.26. The van der Waals surface area contributed by atoms with Gasteiger partial charge in [0.1, 0.15) is 5.82 Å². The minimum absolute atomic E-state index is 0.0908. The molecule has 0 N–H and O–H groups in total. The summed E-state index contributed by atoms with van der Waals surface area (Å²) >= 11 is 0. The molecule has 2 aromatic rings. The lowest BCUT2D eigenvalue weighted by molar-refractivity contribution is -0.150. The molecule has 1 fully saturated rings. The van der Waals surface area contributed by atoms with Crippen molar-refractivity contribution in [3.63, 3.8) is 0 Å². The molecule has 1 aliphatic heterocycles. The second-order valence-corrected chi connectivity index (χ2v) is 11.4. The molecule has 2 aromatic carbocycles. The topological polar surface area (TPSA) is 71.4 Å². The molecule has 1 heterocycles. The van der Waals surface area contributed by atoms with E-state index in [0.717, 1.165) is 43.2 Å². The van der Waals surface area contributed by atoms with Crippen LogP contribution < -0.4 is 0 Å². The average molecular weight is 552 g/mol. The van der Waals surface area contributed by atoms with Crippen molar-refractivity contribution in [2.24, 2.45) is 16.8 Å². The molecule has 4 rings (SSSR count). The molecule has 1 aliphatic carbocycles. The maximum absolute atomic E-state index is 13.6. The third-order valence-electron chi connectivity index (χ3n) is 8.74. The molecule has 40 heavy (non-hydrogen) atoms. The highest BCUT2D eigenvalue weighted by Crippen LogP contribution is 2.44. The first-order valence-corrected chi connectivity index (χ1v) is 14.2. The molecule has 0 aromatic heterocycles. The molecule has 216 valence electrons. The average Bonchev–Trinajstić information content (AvgIpc) is 3.31. The second kappa shape index (κ2) is 13.4.